The summed E-state index contributed by atoms with van der Waals surface area (Å²) in [6.45, 7) is 1.54. The van der Waals surface area contributed by atoms with E-state index in [1.54, 1.807) is 0 Å². The average Bonchev–Trinajstić information content (AvgIpc) is 2.10. The molecule has 0 aliphatic heterocycles. The number of ketones is 1. The van der Waals surface area contributed by atoms with E-state index in [1.165, 1.54) is 18.3 Å². The second kappa shape index (κ2) is 3.07. The second-order valence-electron chi connectivity index (χ2n) is 1.82. The number of thiophene rings is 1. The Morgan fingerprint density at radius 2 is 2.40 bits per heavy atom. The van der Waals surface area contributed by atoms with Crippen LogP contribution in [-0.4, -0.2) is 5.78 Å². The molecule has 0 spiro atoms. The summed E-state index contributed by atoms with van der Waals surface area (Å²) in [6, 6.07) is 1.82. The number of rotatable bonds is 1. The van der Waals surface area contributed by atoms with Gasteiger partial charge in [0.25, 0.3) is 0 Å². The van der Waals surface area contributed by atoms with Gasteiger partial charge < -0.3 is 0 Å². The first-order valence-electron chi connectivity index (χ1n) is 2.60. The van der Waals surface area contributed by atoms with Crippen LogP contribution in [0.25, 0.3) is 0 Å². The molecule has 54 valence electrons. The summed E-state index contributed by atoms with van der Waals surface area (Å²) in [5.74, 6) is 0.0701. The molecular formula is C6H5BrOS2. The number of halogens is 1. The summed E-state index contributed by atoms with van der Waals surface area (Å²) >= 11 is 8.80. The molecule has 0 fully saturated rings. The fourth-order valence-electron chi connectivity index (χ4n) is 0.605. The van der Waals surface area contributed by atoms with Crippen LogP contribution < -0.4 is 0 Å². The van der Waals surface area contributed by atoms with Gasteiger partial charge in [-0.15, -0.1) is 24.0 Å². The molecule has 1 aromatic rings. The molecule has 0 aliphatic rings. The molecule has 4 heteroatoms. The number of hydrogen-bond acceptors (Lipinski definition) is 3. The standard InChI is InChI=1S/C6H5BrOS2/c1-3(8)6-4(9)2-5(7)10-6/h2,9H,1H3. The smallest absolute Gasteiger partial charge is 0.170 e. The zero-order valence-electron chi connectivity index (χ0n) is 5.22. The van der Waals surface area contributed by atoms with Gasteiger partial charge in [-0.05, 0) is 28.9 Å². The third-order valence-corrected chi connectivity index (χ3v) is 3.25. The summed E-state index contributed by atoms with van der Waals surface area (Å²) in [6.07, 6.45) is 0. The van der Waals surface area contributed by atoms with Crippen LogP contribution in [-0.2, 0) is 0 Å². The molecule has 1 aromatic heterocycles. The summed E-state index contributed by atoms with van der Waals surface area (Å²) in [5, 5.41) is 0. The van der Waals surface area contributed by atoms with Crippen LogP contribution in [0.4, 0.5) is 0 Å². The van der Waals surface area contributed by atoms with E-state index in [9.17, 15) is 4.79 Å². The maximum Gasteiger partial charge on any atom is 0.170 e. The first-order chi connectivity index (χ1) is 4.61. The van der Waals surface area contributed by atoms with Gasteiger partial charge in [0.2, 0.25) is 0 Å². The molecule has 1 heterocycles. The highest BCUT2D eigenvalue weighted by Crippen LogP contribution is 2.29. The minimum absolute atomic E-state index is 0.0701. The Kier molecular flexibility index (Phi) is 2.55. The van der Waals surface area contributed by atoms with E-state index in [2.05, 4.69) is 28.6 Å². The molecule has 1 nitrogen and oxygen atoms in total. The van der Waals surface area contributed by atoms with Crippen LogP contribution in [0.15, 0.2) is 14.7 Å². The lowest BCUT2D eigenvalue weighted by molar-refractivity contribution is 0.101. The maximum atomic E-state index is 10.8. The van der Waals surface area contributed by atoms with Gasteiger partial charge in [0.05, 0.1) is 8.66 Å². The molecule has 0 bridgehead atoms. The van der Waals surface area contributed by atoms with E-state index in [0.29, 0.717) is 0 Å². The van der Waals surface area contributed by atoms with Crippen molar-refractivity contribution >= 4 is 45.7 Å². The molecular weight excluding hydrogens is 232 g/mol. The van der Waals surface area contributed by atoms with E-state index < -0.39 is 0 Å². The summed E-state index contributed by atoms with van der Waals surface area (Å²) in [7, 11) is 0. The molecule has 0 aliphatic carbocycles. The molecule has 0 saturated heterocycles. The predicted molar refractivity (Wildman–Crippen MR) is 49.3 cm³/mol. The van der Waals surface area contributed by atoms with Crippen molar-refractivity contribution in [1.82, 2.24) is 0 Å². The van der Waals surface area contributed by atoms with Crippen molar-refractivity contribution in [2.75, 3.05) is 0 Å². The van der Waals surface area contributed by atoms with Crippen molar-refractivity contribution in [2.45, 2.75) is 11.8 Å². The van der Waals surface area contributed by atoms with Gasteiger partial charge in [0.1, 0.15) is 0 Å². The van der Waals surface area contributed by atoms with E-state index in [1.807, 2.05) is 6.07 Å². The first kappa shape index (κ1) is 8.30. The van der Waals surface area contributed by atoms with Gasteiger partial charge in [-0.2, -0.15) is 0 Å². The topological polar surface area (TPSA) is 17.1 Å². The van der Waals surface area contributed by atoms with Crippen molar-refractivity contribution in [1.29, 1.82) is 0 Å². The minimum atomic E-state index is 0.0701. The Hall–Kier alpha value is 0.200. The molecule has 0 atom stereocenters. The number of hydrogen-bond donors (Lipinski definition) is 1. The SMILES string of the molecule is CC(=O)c1sc(Br)cc1S. The lowest BCUT2D eigenvalue weighted by atomic mass is 10.4. The molecule has 0 saturated carbocycles. The number of carbonyl (C=O) groups excluding carboxylic acids is 1. The molecule has 0 amide bonds. The van der Waals surface area contributed by atoms with Crippen molar-refractivity contribution in [3.8, 4) is 0 Å². The monoisotopic (exact) mass is 236 g/mol. The largest absolute Gasteiger partial charge is 0.294 e. The number of Topliss-reactive ketones (excluding diaryl/α,β-unsaturated/α-hetero) is 1. The molecule has 0 aromatic carbocycles. The average molecular weight is 237 g/mol. The summed E-state index contributed by atoms with van der Waals surface area (Å²) in [5.41, 5.74) is 0. The highest BCUT2D eigenvalue weighted by atomic mass is 79.9. The third kappa shape index (κ3) is 1.62. The summed E-state index contributed by atoms with van der Waals surface area (Å²) in [4.78, 5) is 12.3. The van der Waals surface area contributed by atoms with E-state index in [0.717, 1.165) is 13.6 Å². The van der Waals surface area contributed by atoms with E-state index >= 15 is 0 Å². The van der Waals surface area contributed by atoms with Crippen molar-refractivity contribution in [3.05, 3.63) is 14.7 Å². The maximum absolute atomic E-state index is 10.8. The van der Waals surface area contributed by atoms with E-state index in [4.69, 9.17) is 0 Å². The minimum Gasteiger partial charge on any atom is -0.294 e. The highest BCUT2D eigenvalue weighted by molar-refractivity contribution is 9.11. The van der Waals surface area contributed by atoms with Crippen molar-refractivity contribution in [3.63, 3.8) is 0 Å². The van der Waals surface area contributed by atoms with Crippen molar-refractivity contribution < 1.29 is 4.79 Å². The molecule has 10 heavy (non-hydrogen) atoms. The van der Waals surface area contributed by atoms with Gasteiger partial charge >= 0.3 is 0 Å². The Morgan fingerprint density at radius 1 is 1.80 bits per heavy atom. The van der Waals surface area contributed by atoms with Gasteiger partial charge in [-0.25, -0.2) is 0 Å². The Balaban J connectivity index is 3.15. The lowest BCUT2D eigenvalue weighted by Crippen LogP contribution is -1.86. The van der Waals surface area contributed by atoms with Gasteiger partial charge in [-0.3, -0.25) is 4.79 Å². The fourth-order valence-corrected chi connectivity index (χ4v) is 2.69. The summed E-state index contributed by atoms with van der Waals surface area (Å²) < 4.78 is 0.947. The van der Waals surface area contributed by atoms with Crippen LogP contribution in [0, 0.1) is 0 Å². The number of thiol groups is 1. The third-order valence-electron chi connectivity index (χ3n) is 1.00. The quantitative estimate of drug-likeness (QED) is 0.587. The zero-order valence-corrected chi connectivity index (χ0v) is 8.52. The van der Waals surface area contributed by atoms with Crippen LogP contribution in [0.5, 0.6) is 0 Å². The molecule has 0 unspecified atom stereocenters. The van der Waals surface area contributed by atoms with Gasteiger partial charge in [-0.1, -0.05) is 0 Å². The van der Waals surface area contributed by atoms with Crippen molar-refractivity contribution in [2.24, 2.45) is 0 Å². The molecule has 0 N–H and O–H groups in total. The Labute approximate surface area is 77.0 Å². The zero-order chi connectivity index (χ0) is 7.72. The Bertz CT molecular complexity index is 267. The van der Waals surface area contributed by atoms with Gasteiger partial charge in [0.15, 0.2) is 5.78 Å². The van der Waals surface area contributed by atoms with Crippen LogP contribution in [0.3, 0.4) is 0 Å². The second-order valence-corrected chi connectivity index (χ2v) is 4.73. The normalized spacial score (nSPS) is 9.90. The predicted octanol–water partition coefficient (Wildman–Crippen LogP) is 3.00. The lowest BCUT2D eigenvalue weighted by Gasteiger charge is -1.86. The Morgan fingerprint density at radius 3 is 2.60 bits per heavy atom. The highest BCUT2D eigenvalue weighted by Gasteiger charge is 2.07. The van der Waals surface area contributed by atoms with Gasteiger partial charge in [0, 0.05) is 4.90 Å². The van der Waals surface area contributed by atoms with Crippen LogP contribution in [0.2, 0.25) is 0 Å². The molecule has 0 radical (unpaired) electrons. The molecule has 1 rings (SSSR count). The van der Waals surface area contributed by atoms with E-state index in [-0.39, 0.29) is 5.78 Å². The first-order valence-corrected chi connectivity index (χ1v) is 4.66. The van der Waals surface area contributed by atoms with Crippen LogP contribution >= 0.6 is 39.9 Å². The van der Waals surface area contributed by atoms with Crippen LogP contribution in [0.1, 0.15) is 16.6 Å². The number of carbonyl (C=O) groups is 1. The fraction of sp³-hybridized carbons (Fsp3) is 0.167.